The summed E-state index contributed by atoms with van der Waals surface area (Å²) in [6, 6.07) is 17.0. The first-order valence-corrected chi connectivity index (χ1v) is 12.8. The summed E-state index contributed by atoms with van der Waals surface area (Å²) in [5.74, 6) is -0.617. The predicted octanol–water partition coefficient (Wildman–Crippen LogP) is 4.36. The van der Waals surface area contributed by atoms with E-state index in [4.69, 9.17) is 16.3 Å². The third-order valence-electron chi connectivity index (χ3n) is 5.71. The van der Waals surface area contributed by atoms with Gasteiger partial charge in [-0.05, 0) is 52.2 Å². The lowest BCUT2D eigenvalue weighted by atomic mass is 10.00. The zero-order valence-corrected chi connectivity index (χ0v) is 20.0. The molecule has 1 aromatic heterocycles. The highest BCUT2D eigenvalue weighted by atomic mass is 35.5. The summed E-state index contributed by atoms with van der Waals surface area (Å²) in [7, 11) is 0. The summed E-state index contributed by atoms with van der Waals surface area (Å²) in [5.41, 5.74) is 5.82. The molecule has 3 aromatic rings. The summed E-state index contributed by atoms with van der Waals surface area (Å²) >= 11 is 9.00. The molecule has 0 bridgehead atoms. The first kappa shape index (κ1) is 22.3. The molecule has 2 atom stereocenters. The van der Waals surface area contributed by atoms with Crippen molar-refractivity contribution in [2.75, 3.05) is 31.2 Å². The largest absolute Gasteiger partial charge is 0.378 e. The van der Waals surface area contributed by atoms with E-state index in [1.54, 1.807) is 17.4 Å². The summed E-state index contributed by atoms with van der Waals surface area (Å²) in [4.78, 5) is 29.2. The highest BCUT2D eigenvalue weighted by molar-refractivity contribution is 8.01. The number of nitrogens with zero attached hydrogens (tertiary/aromatic N) is 2. The van der Waals surface area contributed by atoms with E-state index in [9.17, 15) is 9.59 Å². The summed E-state index contributed by atoms with van der Waals surface area (Å²) in [5, 5.41) is 5.08. The van der Waals surface area contributed by atoms with Gasteiger partial charge in [0.15, 0.2) is 5.25 Å². The number of hydrogen-bond donors (Lipinski definition) is 1. The van der Waals surface area contributed by atoms with Crippen LogP contribution in [0.5, 0.6) is 0 Å². The minimum Gasteiger partial charge on any atom is -0.378 e. The van der Waals surface area contributed by atoms with Crippen molar-refractivity contribution < 1.29 is 14.3 Å². The minimum atomic E-state index is -0.890. The summed E-state index contributed by atoms with van der Waals surface area (Å²) in [6.07, 6.45) is 0. The smallest absolute Gasteiger partial charge is 0.265 e. The lowest BCUT2D eigenvalue weighted by molar-refractivity contribution is -0.131. The van der Waals surface area contributed by atoms with Crippen LogP contribution in [0.3, 0.4) is 0 Å². The number of ether oxygens (including phenoxy) is 1. The number of anilines is 1. The number of halogens is 1. The van der Waals surface area contributed by atoms with Gasteiger partial charge in [0.2, 0.25) is 0 Å². The molecule has 33 heavy (non-hydrogen) atoms. The lowest BCUT2D eigenvalue weighted by Crippen LogP contribution is -2.40. The maximum absolute atomic E-state index is 13.4. The predicted molar refractivity (Wildman–Crippen MR) is 132 cm³/mol. The number of benzene rings is 2. The number of nitrogens with one attached hydrogen (secondary N) is 1. The van der Waals surface area contributed by atoms with E-state index in [0.29, 0.717) is 9.92 Å². The van der Waals surface area contributed by atoms with Crippen LogP contribution in [0.15, 0.2) is 70.3 Å². The number of thioether (sulfide) groups is 1. The Morgan fingerprint density at radius 2 is 1.79 bits per heavy atom. The number of hydrogen-bond acceptors (Lipinski definition) is 6. The standard InChI is InChI=1S/C24H22ClN3O3S2/c25-19-3-1-2-4-20(19)33-22-23(29)26-28(24(22)30)21(17-9-14-32-15-17)16-5-7-18(8-6-16)27-10-12-31-13-11-27/h1-9,14-15,21-22H,10-13H2,(H,26,29). The Kier molecular flexibility index (Phi) is 6.59. The van der Waals surface area contributed by atoms with Crippen LogP contribution in [-0.2, 0) is 14.3 Å². The molecule has 6 nitrogen and oxygen atoms in total. The Morgan fingerprint density at radius 1 is 1.03 bits per heavy atom. The molecule has 5 rings (SSSR count). The van der Waals surface area contributed by atoms with Crippen molar-refractivity contribution in [2.24, 2.45) is 0 Å². The zero-order valence-electron chi connectivity index (χ0n) is 17.6. The van der Waals surface area contributed by atoms with Crippen molar-refractivity contribution in [2.45, 2.75) is 16.2 Å². The van der Waals surface area contributed by atoms with Gasteiger partial charge in [0.25, 0.3) is 11.8 Å². The molecule has 2 amide bonds. The Bertz CT molecular complexity index is 1130. The first-order valence-electron chi connectivity index (χ1n) is 10.6. The van der Waals surface area contributed by atoms with Crippen LogP contribution in [0.1, 0.15) is 17.2 Å². The number of hydrazine groups is 1. The molecule has 0 aliphatic carbocycles. The van der Waals surface area contributed by atoms with E-state index >= 15 is 0 Å². The number of carbonyl (C=O) groups excluding carboxylic acids is 2. The first-order chi connectivity index (χ1) is 16.1. The molecule has 0 saturated carbocycles. The summed E-state index contributed by atoms with van der Waals surface area (Å²) in [6.45, 7) is 3.15. The van der Waals surface area contributed by atoms with E-state index in [2.05, 4.69) is 22.5 Å². The molecule has 2 saturated heterocycles. The van der Waals surface area contributed by atoms with Gasteiger partial charge in [-0.2, -0.15) is 11.3 Å². The molecule has 170 valence electrons. The lowest BCUT2D eigenvalue weighted by Gasteiger charge is -2.30. The Hall–Kier alpha value is -2.52. The normalized spacial score (nSPS) is 19.6. The molecule has 2 aliphatic rings. The van der Waals surface area contributed by atoms with Gasteiger partial charge in [-0.15, -0.1) is 11.8 Å². The Balaban J connectivity index is 1.42. The maximum atomic E-state index is 13.4. The number of carbonyl (C=O) groups is 2. The van der Waals surface area contributed by atoms with Gasteiger partial charge in [-0.3, -0.25) is 15.0 Å². The van der Waals surface area contributed by atoms with Crippen molar-refractivity contribution in [1.82, 2.24) is 10.4 Å². The van der Waals surface area contributed by atoms with Gasteiger partial charge >= 0.3 is 0 Å². The van der Waals surface area contributed by atoms with E-state index in [0.717, 1.165) is 43.1 Å². The Labute approximate surface area is 205 Å². The number of thiophene rings is 1. The van der Waals surface area contributed by atoms with E-state index in [1.807, 2.05) is 47.2 Å². The highest BCUT2D eigenvalue weighted by Crippen LogP contribution is 2.37. The molecule has 2 aliphatic heterocycles. The van der Waals surface area contributed by atoms with Crippen LogP contribution < -0.4 is 10.3 Å². The van der Waals surface area contributed by atoms with Gasteiger partial charge in [-0.25, -0.2) is 5.01 Å². The SMILES string of the molecule is O=C1NN(C(c2ccc(N3CCOCC3)cc2)c2ccsc2)C(=O)C1Sc1ccccc1Cl. The molecule has 1 N–H and O–H groups in total. The fourth-order valence-corrected chi connectivity index (χ4v) is 5.96. The molecule has 2 aromatic carbocycles. The fourth-order valence-electron chi connectivity index (χ4n) is 4.04. The van der Waals surface area contributed by atoms with Crippen LogP contribution in [-0.4, -0.2) is 48.4 Å². The maximum Gasteiger partial charge on any atom is 0.265 e. The molecule has 3 heterocycles. The fraction of sp³-hybridized carbons (Fsp3) is 0.250. The van der Waals surface area contributed by atoms with Crippen molar-refractivity contribution in [3.8, 4) is 0 Å². The molecule has 2 unspecified atom stereocenters. The molecular formula is C24H22ClN3O3S2. The molecule has 9 heteroatoms. The zero-order chi connectivity index (χ0) is 22.8. The number of rotatable bonds is 6. The van der Waals surface area contributed by atoms with Gasteiger partial charge < -0.3 is 9.64 Å². The van der Waals surface area contributed by atoms with E-state index < -0.39 is 11.3 Å². The number of amides is 2. The van der Waals surface area contributed by atoms with Gasteiger partial charge in [0.05, 0.1) is 18.2 Å². The van der Waals surface area contributed by atoms with Gasteiger partial charge in [-0.1, -0.05) is 35.9 Å². The average molecular weight is 500 g/mol. The van der Waals surface area contributed by atoms with Crippen LogP contribution in [0.2, 0.25) is 5.02 Å². The highest BCUT2D eigenvalue weighted by Gasteiger charge is 2.44. The molecular weight excluding hydrogens is 478 g/mol. The van der Waals surface area contributed by atoms with Crippen LogP contribution in [0.4, 0.5) is 5.69 Å². The quantitative estimate of drug-likeness (QED) is 0.510. The van der Waals surface area contributed by atoms with Crippen molar-refractivity contribution in [3.05, 3.63) is 81.5 Å². The Morgan fingerprint density at radius 3 is 2.48 bits per heavy atom. The second kappa shape index (κ2) is 9.77. The van der Waals surface area contributed by atoms with Crippen LogP contribution >= 0.6 is 34.7 Å². The monoisotopic (exact) mass is 499 g/mol. The van der Waals surface area contributed by atoms with Gasteiger partial charge in [0.1, 0.15) is 6.04 Å². The second-order valence-electron chi connectivity index (χ2n) is 7.76. The third-order valence-corrected chi connectivity index (χ3v) is 8.12. The van der Waals surface area contributed by atoms with E-state index in [1.165, 1.54) is 16.8 Å². The number of morpholine rings is 1. The van der Waals surface area contributed by atoms with E-state index in [-0.39, 0.29) is 11.8 Å². The summed E-state index contributed by atoms with van der Waals surface area (Å²) < 4.78 is 5.45. The molecule has 0 spiro atoms. The van der Waals surface area contributed by atoms with Gasteiger partial charge in [0, 0.05) is 23.7 Å². The second-order valence-corrected chi connectivity index (χ2v) is 10.1. The molecule has 2 fully saturated rings. The third kappa shape index (κ3) is 4.61. The van der Waals surface area contributed by atoms with Crippen molar-refractivity contribution >= 4 is 52.2 Å². The topological polar surface area (TPSA) is 61.9 Å². The van der Waals surface area contributed by atoms with Crippen LogP contribution in [0.25, 0.3) is 0 Å². The average Bonchev–Trinajstić information content (AvgIpc) is 3.46. The minimum absolute atomic E-state index is 0.279. The molecule has 0 radical (unpaired) electrons. The van der Waals surface area contributed by atoms with Crippen LogP contribution in [0, 0.1) is 0 Å². The van der Waals surface area contributed by atoms with Crippen molar-refractivity contribution in [3.63, 3.8) is 0 Å². The van der Waals surface area contributed by atoms with Crippen molar-refractivity contribution in [1.29, 1.82) is 0 Å².